The number of amides is 10. The van der Waals surface area contributed by atoms with Gasteiger partial charge < -0.3 is 68.7 Å². The second-order valence-electron chi connectivity index (χ2n) is 19.3. The maximum absolute atomic E-state index is 14.1. The second kappa shape index (κ2) is 28.8. The van der Waals surface area contributed by atoms with Crippen LogP contribution in [0.5, 0.6) is 0 Å². The normalized spacial score (nSPS) is 14.3. The van der Waals surface area contributed by atoms with E-state index in [1.165, 1.54) is 31.2 Å². The van der Waals surface area contributed by atoms with E-state index >= 15 is 0 Å². The molecular formula is C48H73N13O11S. The highest BCUT2D eigenvalue weighted by Gasteiger charge is 2.34. The van der Waals surface area contributed by atoms with Gasteiger partial charge in [0, 0.05) is 48.3 Å². The minimum atomic E-state index is -1.35. The van der Waals surface area contributed by atoms with Crippen LogP contribution in [0.2, 0.25) is 0 Å². The molecule has 7 atom stereocenters. The highest BCUT2D eigenvalue weighted by molar-refractivity contribution is 7.98. The number of carbonyl (C=O) groups is 10. The molecule has 0 aliphatic rings. The van der Waals surface area contributed by atoms with Gasteiger partial charge in [-0.1, -0.05) is 45.9 Å². The Kier molecular flexibility index (Phi) is 23.7. The largest absolute Gasteiger partial charge is 0.444 e. The summed E-state index contributed by atoms with van der Waals surface area (Å²) in [6.45, 7) is 12.6. The lowest BCUT2D eigenvalue weighted by Crippen LogP contribution is -2.59. The highest BCUT2D eigenvalue weighted by atomic mass is 32.2. The second-order valence-corrected chi connectivity index (χ2v) is 20.3. The predicted octanol–water partition coefficient (Wildman–Crippen LogP) is -0.180. The van der Waals surface area contributed by atoms with Gasteiger partial charge >= 0.3 is 6.09 Å². The van der Waals surface area contributed by atoms with E-state index in [0.29, 0.717) is 17.0 Å². The molecule has 1 aromatic carbocycles. The summed E-state index contributed by atoms with van der Waals surface area (Å²) in [5.41, 5.74) is 11.8. The number of benzene rings is 1. The van der Waals surface area contributed by atoms with Gasteiger partial charge in [0.05, 0.1) is 12.9 Å². The Hall–Kier alpha value is -7.18. The molecule has 2 aromatic heterocycles. The number of hydrogen-bond donors (Lipinski definition) is 12. The molecule has 0 bridgehead atoms. The number of imidazole rings is 1. The molecule has 0 fully saturated rings. The zero-order valence-corrected chi connectivity index (χ0v) is 43.7. The first-order valence-corrected chi connectivity index (χ1v) is 25.3. The van der Waals surface area contributed by atoms with Crippen molar-refractivity contribution in [3.8, 4) is 0 Å². The zero-order chi connectivity index (χ0) is 54.6. The molecule has 0 radical (unpaired) electrons. The number of aromatic nitrogens is 3. The van der Waals surface area contributed by atoms with Crippen LogP contribution in [0.25, 0.3) is 10.9 Å². The van der Waals surface area contributed by atoms with Crippen molar-refractivity contribution >= 4 is 81.9 Å². The molecule has 73 heavy (non-hydrogen) atoms. The van der Waals surface area contributed by atoms with Crippen LogP contribution >= 0.6 is 11.8 Å². The van der Waals surface area contributed by atoms with E-state index < -0.39 is 120 Å². The van der Waals surface area contributed by atoms with E-state index in [1.54, 1.807) is 46.9 Å². The van der Waals surface area contributed by atoms with Crippen molar-refractivity contribution in [2.75, 3.05) is 18.6 Å². The molecule has 402 valence electrons. The Morgan fingerprint density at radius 1 is 0.699 bits per heavy atom. The first-order chi connectivity index (χ1) is 34.3. The standard InChI is InChI=1S/C48H73N13O11S/c1-25(2)18-34(44(68)57-32(40(50)64)16-17-73-9)58-45(69)36(20-29-22-51-24-54-29)56-38(63)23-53-46(70)39(26(3)4)61-41(65)27(5)55-43(67)35(19-28-21-52-31-13-11-10-12-30(28)31)59-42(66)33(14-15-37(49)62)60-47(71)72-48(6,7)8/h10-13,21-22,24-27,32-36,39,52H,14-20,23H2,1-9H3,(H2,49,62)(H2,50,64)(H,51,54)(H,53,70)(H,55,67)(H,56,63)(H,57,68)(H,58,69)(H,59,66)(H,60,71)(H,61,65)/t27-,32-,33-,34-,35-,36-,39-/m0/s1. The summed E-state index contributed by atoms with van der Waals surface area (Å²) >= 11 is 1.47. The molecule has 0 spiro atoms. The first kappa shape index (κ1) is 60.1. The van der Waals surface area contributed by atoms with Gasteiger partial charge in [0.1, 0.15) is 47.9 Å². The van der Waals surface area contributed by atoms with Gasteiger partial charge in [0.25, 0.3) is 0 Å². The van der Waals surface area contributed by atoms with Crippen LogP contribution in [-0.4, -0.2) is 141 Å². The number of aromatic amines is 2. The molecular weight excluding hydrogens is 967 g/mol. The summed E-state index contributed by atoms with van der Waals surface area (Å²) in [4.78, 5) is 142. The van der Waals surface area contributed by atoms with Gasteiger partial charge in [-0.2, -0.15) is 11.8 Å². The summed E-state index contributed by atoms with van der Waals surface area (Å²) in [5, 5.41) is 21.4. The van der Waals surface area contributed by atoms with Crippen molar-refractivity contribution in [3.63, 3.8) is 0 Å². The first-order valence-electron chi connectivity index (χ1n) is 24.0. The molecule has 25 heteroatoms. The molecule has 3 rings (SSSR count). The van der Waals surface area contributed by atoms with Crippen LogP contribution in [0, 0.1) is 11.8 Å². The number of primary amides is 2. The molecule has 10 amide bonds. The van der Waals surface area contributed by atoms with Crippen molar-refractivity contribution in [2.24, 2.45) is 23.3 Å². The minimum Gasteiger partial charge on any atom is -0.444 e. The number of nitrogens with zero attached hydrogens (tertiary/aromatic N) is 1. The summed E-state index contributed by atoms with van der Waals surface area (Å²) in [7, 11) is 0. The molecule has 24 nitrogen and oxygen atoms in total. The third kappa shape index (κ3) is 20.8. The van der Waals surface area contributed by atoms with Crippen molar-refractivity contribution < 1.29 is 52.7 Å². The number of carbonyl (C=O) groups excluding carboxylic acids is 10. The monoisotopic (exact) mass is 1040 g/mol. The number of ether oxygens (including phenoxy) is 1. The number of para-hydroxylation sites is 1. The Bertz CT molecular complexity index is 2390. The molecule has 14 N–H and O–H groups in total. The average Bonchev–Trinajstić information content (AvgIpc) is 3.98. The van der Waals surface area contributed by atoms with Gasteiger partial charge in [0.2, 0.25) is 53.2 Å². The van der Waals surface area contributed by atoms with E-state index in [1.807, 2.05) is 38.3 Å². The fourth-order valence-electron chi connectivity index (χ4n) is 7.32. The summed E-state index contributed by atoms with van der Waals surface area (Å²) in [6, 6.07) is -1.32. The number of thioether (sulfide) groups is 1. The van der Waals surface area contributed by atoms with Crippen LogP contribution in [-0.2, 0) is 60.7 Å². The van der Waals surface area contributed by atoms with Crippen LogP contribution < -0.4 is 54.0 Å². The maximum Gasteiger partial charge on any atom is 0.408 e. The topological polar surface area (TPSA) is 373 Å². The fourth-order valence-corrected chi connectivity index (χ4v) is 7.79. The van der Waals surface area contributed by atoms with Gasteiger partial charge in [-0.15, -0.1) is 0 Å². The average molecular weight is 1040 g/mol. The van der Waals surface area contributed by atoms with Crippen LogP contribution in [0.15, 0.2) is 43.0 Å². The number of fused-ring (bicyclic) bond motifs is 1. The number of nitrogens with two attached hydrogens (primary N) is 2. The van der Waals surface area contributed by atoms with Crippen molar-refractivity contribution in [1.82, 2.24) is 57.5 Å². The summed E-state index contributed by atoms with van der Waals surface area (Å²) in [5.74, 6) is -6.90. The molecule has 0 unspecified atom stereocenters. The summed E-state index contributed by atoms with van der Waals surface area (Å²) < 4.78 is 5.31. The Balaban J connectivity index is 1.74. The predicted molar refractivity (Wildman–Crippen MR) is 273 cm³/mol. The SMILES string of the molecule is CSCC[C@H](NC(=O)[C@H](CC(C)C)NC(=O)[C@H](Cc1cnc[nH]1)NC(=O)CNC(=O)[C@@H](NC(=O)[C@H](C)NC(=O)[C@H](Cc1c[nH]c2ccccc12)NC(=O)[C@H](CCC(N)=O)NC(=O)OC(C)(C)C)C(C)C)C(N)=O. The third-order valence-electron chi connectivity index (χ3n) is 11.1. The quantitative estimate of drug-likeness (QED) is 0.0430. The van der Waals surface area contributed by atoms with Gasteiger partial charge in [-0.05, 0) is 82.4 Å². The molecule has 3 aromatic rings. The number of hydrogen-bond acceptors (Lipinski definition) is 13. The van der Waals surface area contributed by atoms with E-state index in [9.17, 15) is 47.9 Å². The number of nitrogens with one attached hydrogen (secondary N) is 10. The van der Waals surface area contributed by atoms with Gasteiger partial charge in [-0.25, -0.2) is 9.78 Å². The highest BCUT2D eigenvalue weighted by Crippen LogP contribution is 2.20. The van der Waals surface area contributed by atoms with E-state index in [4.69, 9.17) is 16.2 Å². The summed E-state index contributed by atoms with van der Waals surface area (Å²) in [6.07, 6.45) is 5.18. The Morgan fingerprint density at radius 3 is 1.92 bits per heavy atom. The van der Waals surface area contributed by atoms with E-state index in [-0.39, 0.29) is 44.4 Å². The fraction of sp³-hybridized carbons (Fsp3) is 0.562. The molecule has 0 aliphatic heterocycles. The molecule has 0 saturated heterocycles. The number of alkyl carbamates (subject to hydrolysis) is 1. The van der Waals surface area contributed by atoms with Crippen LogP contribution in [0.3, 0.4) is 0 Å². The van der Waals surface area contributed by atoms with Gasteiger partial charge in [-0.3, -0.25) is 43.2 Å². The Morgan fingerprint density at radius 2 is 1.32 bits per heavy atom. The minimum absolute atomic E-state index is 0.0738. The Labute approximate surface area is 428 Å². The third-order valence-corrected chi connectivity index (χ3v) is 11.7. The van der Waals surface area contributed by atoms with Crippen LogP contribution in [0.1, 0.15) is 92.3 Å². The lowest BCUT2D eigenvalue weighted by molar-refractivity contribution is -0.135. The zero-order valence-electron chi connectivity index (χ0n) is 42.9. The van der Waals surface area contributed by atoms with Crippen molar-refractivity contribution in [2.45, 2.75) is 142 Å². The lowest BCUT2D eigenvalue weighted by atomic mass is 10.0. The maximum atomic E-state index is 14.1. The molecule has 0 saturated carbocycles. The van der Waals surface area contributed by atoms with E-state index in [2.05, 4.69) is 57.5 Å². The van der Waals surface area contributed by atoms with E-state index in [0.717, 1.165) is 10.9 Å². The smallest absolute Gasteiger partial charge is 0.408 e. The molecule has 2 heterocycles. The van der Waals surface area contributed by atoms with Gasteiger partial charge in [0.15, 0.2) is 0 Å². The molecule has 0 aliphatic carbocycles. The number of H-pyrrole nitrogens is 2. The van der Waals surface area contributed by atoms with Crippen molar-refractivity contribution in [3.05, 3.63) is 54.2 Å². The van der Waals surface area contributed by atoms with Crippen molar-refractivity contribution in [1.29, 1.82) is 0 Å². The number of rotatable bonds is 29. The van der Waals surface area contributed by atoms with Crippen LogP contribution in [0.4, 0.5) is 4.79 Å². The lowest BCUT2D eigenvalue weighted by Gasteiger charge is -2.27.